The first-order valence-electron chi connectivity index (χ1n) is 11.7. The molecule has 0 bridgehead atoms. The Labute approximate surface area is 210 Å². The van der Waals surface area contributed by atoms with Crippen molar-refractivity contribution < 1.29 is 9.59 Å². The third-order valence-corrected chi connectivity index (χ3v) is 5.84. The van der Waals surface area contributed by atoms with E-state index in [1.165, 1.54) is 0 Å². The molecule has 5 aromatic carbocycles. The van der Waals surface area contributed by atoms with Crippen molar-refractivity contribution in [3.05, 3.63) is 156 Å². The molecule has 0 saturated heterocycles. The molecule has 36 heavy (non-hydrogen) atoms. The summed E-state index contributed by atoms with van der Waals surface area (Å²) >= 11 is 0. The summed E-state index contributed by atoms with van der Waals surface area (Å²) < 4.78 is 0. The van der Waals surface area contributed by atoms with Crippen LogP contribution >= 0.6 is 0 Å². The maximum Gasteiger partial charge on any atom is 0.195 e. The number of benzene rings is 5. The highest BCUT2D eigenvalue weighted by Crippen LogP contribution is 2.28. The number of hydrogen-bond donors (Lipinski definition) is 2. The molecule has 0 aliphatic rings. The zero-order valence-corrected chi connectivity index (χ0v) is 19.5. The first-order valence-corrected chi connectivity index (χ1v) is 11.7. The number of carbonyl (C=O) groups excluding carboxylic acids is 2. The van der Waals surface area contributed by atoms with Gasteiger partial charge < -0.3 is 10.6 Å². The summed E-state index contributed by atoms with van der Waals surface area (Å²) in [7, 11) is 0. The molecule has 5 rings (SSSR count). The van der Waals surface area contributed by atoms with Crippen LogP contribution in [0.4, 0.5) is 22.7 Å². The van der Waals surface area contributed by atoms with Crippen LogP contribution in [0.1, 0.15) is 31.8 Å². The Bertz CT molecular complexity index is 1400. The predicted molar refractivity (Wildman–Crippen MR) is 146 cm³/mol. The highest BCUT2D eigenvalue weighted by Gasteiger charge is 2.15. The second-order valence-electron chi connectivity index (χ2n) is 8.31. The minimum Gasteiger partial charge on any atom is -0.355 e. The van der Waals surface area contributed by atoms with Gasteiger partial charge >= 0.3 is 0 Å². The van der Waals surface area contributed by atoms with Crippen molar-refractivity contribution in [3.8, 4) is 0 Å². The third kappa shape index (κ3) is 5.08. The fourth-order valence-corrected chi connectivity index (χ4v) is 4.06. The largest absolute Gasteiger partial charge is 0.355 e. The van der Waals surface area contributed by atoms with Crippen molar-refractivity contribution in [1.29, 1.82) is 0 Å². The summed E-state index contributed by atoms with van der Waals surface area (Å²) in [6.45, 7) is 0. The summed E-state index contributed by atoms with van der Waals surface area (Å²) in [5, 5.41) is 6.77. The third-order valence-electron chi connectivity index (χ3n) is 5.84. The monoisotopic (exact) mass is 468 g/mol. The Morgan fingerprint density at radius 3 is 1.25 bits per heavy atom. The van der Waals surface area contributed by atoms with Crippen LogP contribution in [0, 0.1) is 0 Å². The van der Waals surface area contributed by atoms with Crippen LogP contribution in [0.5, 0.6) is 0 Å². The van der Waals surface area contributed by atoms with E-state index in [0.29, 0.717) is 22.3 Å². The zero-order valence-electron chi connectivity index (χ0n) is 19.5. The van der Waals surface area contributed by atoms with Gasteiger partial charge in [-0.3, -0.25) is 9.59 Å². The normalized spacial score (nSPS) is 10.4. The molecule has 0 radical (unpaired) electrons. The molecule has 4 nitrogen and oxygen atoms in total. The molecule has 0 aromatic heterocycles. The van der Waals surface area contributed by atoms with Crippen LogP contribution in [-0.2, 0) is 0 Å². The standard InChI is InChI=1S/C32H24N2O2/c35-31(23-12-3-1-4-13-23)27-18-7-9-20-29(27)33-25-16-11-17-26(22-25)34-30-21-10-8-19-28(30)32(36)24-14-5-2-6-15-24/h1-22,33-34H. The molecule has 5 aromatic rings. The van der Waals surface area contributed by atoms with Crippen LogP contribution < -0.4 is 10.6 Å². The molecule has 0 amide bonds. The van der Waals surface area contributed by atoms with Crippen molar-refractivity contribution in [3.63, 3.8) is 0 Å². The van der Waals surface area contributed by atoms with Crippen molar-refractivity contribution in [1.82, 2.24) is 0 Å². The van der Waals surface area contributed by atoms with E-state index in [1.807, 2.05) is 133 Å². The van der Waals surface area contributed by atoms with E-state index in [-0.39, 0.29) is 11.6 Å². The maximum absolute atomic E-state index is 13.1. The van der Waals surface area contributed by atoms with Crippen molar-refractivity contribution >= 4 is 34.3 Å². The Balaban J connectivity index is 1.39. The number of ketones is 2. The van der Waals surface area contributed by atoms with Gasteiger partial charge in [-0.2, -0.15) is 0 Å². The molecule has 174 valence electrons. The van der Waals surface area contributed by atoms with Crippen molar-refractivity contribution in [2.45, 2.75) is 0 Å². The SMILES string of the molecule is O=C(c1ccccc1)c1ccccc1Nc1cccc(Nc2ccccc2C(=O)c2ccccc2)c1. The van der Waals surface area contributed by atoms with E-state index in [9.17, 15) is 9.59 Å². The quantitative estimate of drug-likeness (QED) is 0.230. The molecule has 0 aliphatic heterocycles. The van der Waals surface area contributed by atoms with Crippen LogP contribution in [0.2, 0.25) is 0 Å². The van der Waals surface area contributed by atoms with Crippen molar-refractivity contribution in [2.24, 2.45) is 0 Å². The Morgan fingerprint density at radius 2 is 0.806 bits per heavy atom. The van der Waals surface area contributed by atoms with E-state index in [0.717, 1.165) is 22.7 Å². The Hall–Kier alpha value is -4.96. The van der Waals surface area contributed by atoms with Gasteiger partial charge in [-0.25, -0.2) is 0 Å². The molecular weight excluding hydrogens is 444 g/mol. The van der Waals surface area contributed by atoms with Crippen LogP contribution in [-0.4, -0.2) is 11.6 Å². The molecule has 4 heteroatoms. The van der Waals surface area contributed by atoms with E-state index < -0.39 is 0 Å². The minimum absolute atomic E-state index is 0.0404. The molecule has 0 fully saturated rings. The van der Waals surface area contributed by atoms with Gasteiger partial charge in [0.1, 0.15) is 0 Å². The Morgan fingerprint density at radius 1 is 0.417 bits per heavy atom. The molecule has 0 atom stereocenters. The molecule has 0 unspecified atom stereocenters. The molecule has 2 N–H and O–H groups in total. The summed E-state index contributed by atoms with van der Waals surface area (Å²) in [4.78, 5) is 26.2. The number of anilines is 4. The number of rotatable bonds is 8. The molecular formula is C32H24N2O2. The van der Waals surface area contributed by atoms with Gasteiger partial charge in [-0.1, -0.05) is 91.0 Å². The first kappa shape index (κ1) is 22.8. The minimum atomic E-state index is -0.0404. The maximum atomic E-state index is 13.1. The van der Waals surface area contributed by atoms with Gasteiger partial charge in [0.2, 0.25) is 0 Å². The smallest absolute Gasteiger partial charge is 0.195 e. The lowest BCUT2D eigenvalue weighted by atomic mass is 10.0. The highest BCUT2D eigenvalue weighted by molar-refractivity contribution is 6.13. The van der Waals surface area contributed by atoms with Gasteiger partial charge in [-0.05, 0) is 42.5 Å². The van der Waals surface area contributed by atoms with Gasteiger partial charge in [0.15, 0.2) is 11.6 Å². The van der Waals surface area contributed by atoms with Gasteiger partial charge in [0.05, 0.1) is 0 Å². The first-order chi connectivity index (χ1) is 17.7. The molecule has 0 saturated carbocycles. The van der Waals surface area contributed by atoms with Gasteiger partial charge in [0, 0.05) is 45.0 Å². The zero-order chi connectivity index (χ0) is 24.7. The number of para-hydroxylation sites is 2. The summed E-state index contributed by atoms with van der Waals surface area (Å²) in [6, 6.07) is 41.2. The highest BCUT2D eigenvalue weighted by atomic mass is 16.1. The van der Waals surface area contributed by atoms with Crippen LogP contribution in [0.3, 0.4) is 0 Å². The summed E-state index contributed by atoms with van der Waals surface area (Å²) in [6.07, 6.45) is 0. The number of nitrogens with one attached hydrogen (secondary N) is 2. The van der Waals surface area contributed by atoms with E-state index >= 15 is 0 Å². The van der Waals surface area contributed by atoms with Crippen LogP contribution in [0.15, 0.2) is 133 Å². The van der Waals surface area contributed by atoms with Gasteiger partial charge in [-0.15, -0.1) is 0 Å². The topological polar surface area (TPSA) is 58.2 Å². The lowest BCUT2D eigenvalue weighted by Crippen LogP contribution is -2.06. The fourth-order valence-electron chi connectivity index (χ4n) is 4.06. The molecule has 0 spiro atoms. The number of carbonyl (C=O) groups is 2. The number of hydrogen-bond acceptors (Lipinski definition) is 4. The lowest BCUT2D eigenvalue weighted by molar-refractivity contribution is 0.103. The molecule has 0 heterocycles. The second kappa shape index (κ2) is 10.5. The lowest BCUT2D eigenvalue weighted by Gasteiger charge is -2.15. The van der Waals surface area contributed by atoms with E-state index in [4.69, 9.17) is 0 Å². The molecule has 0 aliphatic carbocycles. The summed E-state index contributed by atoms with van der Waals surface area (Å²) in [5.74, 6) is -0.0809. The van der Waals surface area contributed by atoms with Gasteiger partial charge in [0.25, 0.3) is 0 Å². The van der Waals surface area contributed by atoms with E-state index in [1.54, 1.807) is 0 Å². The Kier molecular flexibility index (Phi) is 6.68. The fraction of sp³-hybridized carbons (Fsp3) is 0. The predicted octanol–water partition coefficient (Wildman–Crippen LogP) is 7.64. The average molecular weight is 469 g/mol. The van der Waals surface area contributed by atoms with Crippen LogP contribution in [0.25, 0.3) is 0 Å². The second-order valence-corrected chi connectivity index (χ2v) is 8.31. The van der Waals surface area contributed by atoms with E-state index in [2.05, 4.69) is 10.6 Å². The van der Waals surface area contributed by atoms with Crippen molar-refractivity contribution in [2.75, 3.05) is 10.6 Å². The summed E-state index contributed by atoms with van der Waals surface area (Å²) in [5.41, 5.74) is 5.57. The average Bonchev–Trinajstić information content (AvgIpc) is 2.94.